The molecule has 1 saturated heterocycles. The summed E-state index contributed by atoms with van der Waals surface area (Å²) in [4.78, 5) is 18.7. The van der Waals surface area contributed by atoms with E-state index in [4.69, 9.17) is 9.47 Å². The zero-order chi connectivity index (χ0) is 24.8. The molecule has 1 aromatic heterocycles. The Labute approximate surface area is 207 Å². The molecule has 2 aromatic carbocycles. The van der Waals surface area contributed by atoms with Gasteiger partial charge < -0.3 is 19.7 Å². The van der Waals surface area contributed by atoms with Crippen LogP contribution in [0, 0.1) is 0 Å². The predicted molar refractivity (Wildman–Crippen MR) is 141 cm³/mol. The molecule has 1 aliphatic rings. The Bertz CT molecular complexity index is 1130. The minimum absolute atomic E-state index is 0.371. The number of hydrogen-bond acceptors (Lipinski definition) is 6. The molecule has 0 saturated carbocycles. The molecule has 0 aliphatic carbocycles. The molecular weight excluding hydrogens is 440 g/mol. The smallest absolute Gasteiger partial charge is 0.413 e. The van der Waals surface area contributed by atoms with Crippen LogP contribution in [-0.2, 0) is 22.6 Å². The van der Waals surface area contributed by atoms with Crippen LogP contribution >= 0.6 is 0 Å². The number of fused-ring (bicyclic) bond motifs is 1. The van der Waals surface area contributed by atoms with E-state index in [2.05, 4.69) is 57.9 Å². The number of amides is 1. The van der Waals surface area contributed by atoms with E-state index in [-0.39, 0.29) is 0 Å². The Morgan fingerprint density at radius 1 is 1.03 bits per heavy atom. The number of hydrogen-bond donors (Lipinski definition) is 2. The van der Waals surface area contributed by atoms with Gasteiger partial charge in [-0.25, -0.2) is 9.78 Å². The van der Waals surface area contributed by atoms with Crippen LogP contribution in [0.3, 0.4) is 0 Å². The lowest BCUT2D eigenvalue weighted by Gasteiger charge is -2.28. The van der Waals surface area contributed by atoms with Crippen LogP contribution in [0.2, 0.25) is 0 Å². The topological polar surface area (TPSA) is 75.7 Å². The number of benzene rings is 2. The largest absolute Gasteiger partial charge is 0.444 e. The molecule has 7 nitrogen and oxygen atoms in total. The van der Waals surface area contributed by atoms with Crippen molar-refractivity contribution in [1.29, 1.82) is 0 Å². The van der Waals surface area contributed by atoms with Crippen LogP contribution in [0.4, 0.5) is 16.3 Å². The molecule has 1 amide bonds. The number of rotatable bonds is 7. The van der Waals surface area contributed by atoms with Gasteiger partial charge in [0.2, 0.25) is 0 Å². The van der Waals surface area contributed by atoms with Gasteiger partial charge in [0, 0.05) is 36.9 Å². The summed E-state index contributed by atoms with van der Waals surface area (Å²) in [5.74, 6) is 0.460. The first kappa shape index (κ1) is 24.9. The highest BCUT2D eigenvalue weighted by Gasteiger charge is 2.17. The summed E-state index contributed by atoms with van der Waals surface area (Å²) in [6.45, 7) is 9.10. The van der Waals surface area contributed by atoms with Gasteiger partial charge in [-0.2, -0.15) is 0 Å². The highest BCUT2D eigenvalue weighted by molar-refractivity contribution is 5.90. The molecule has 35 heavy (non-hydrogen) atoms. The first-order valence-corrected chi connectivity index (χ1v) is 12.3. The SMILES string of the molecule is CN1CCC(OCc2ccc(CNc3ccc4cnc(NC(=O)OC(C)(C)C)cc4c3)cc2)CC1. The molecule has 0 unspecified atom stereocenters. The van der Waals surface area contributed by atoms with E-state index in [1.807, 2.05) is 39.0 Å². The number of anilines is 2. The maximum Gasteiger partial charge on any atom is 0.413 e. The normalized spacial score (nSPS) is 15.2. The second-order valence-corrected chi connectivity index (χ2v) is 10.2. The van der Waals surface area contributed by atoms with E-state index in [9.17, 15) is 4.79 Å². The number of ether oxygens (including phenoxy) is 2. The Balaban J connectivity index is 1.30. The summed E-state index contributed by atoms with van der Waals surface area (Å²) in [6.07, 6.45) is 3.82. The lowest BCUT2D eigenvalue weighted by Crippen LogP contribution is -2.34. The van der Waals surface area contributed by atoms with Gasteiger partial charge in [-0.3, -0.25) is 5.32 Å². The van der Waals surface area contributed by atoms with Crippen molar-refractivity contribution in [2.75, 3.05) is 30.8 Å². The molecule has 0 spiro atoms. The molecule has 7 heteroatoms. The van der Waals surface area contributed by atoms with E-state index in [0.29, 0.717) is 18.5 Å². The van der Waals surface area contributed by atoms with E-state index in [1.54, 1.807) is 6.20 Å². The Hall–Kier alpha value is -3.16. The molecule has 3 aromatic rings. The van der Waals surface area contributed by atoms with Crippen molar-refractivity contribution < 1.29 is 14.3 Å². The van der Waals surface area contributed by atoms with Gasteiger partial charge in [0.15, 0.2) is 0 Å². The Morgan fingerprint density at radius 2 is 1.74 bits per heavy atom. The average molecular weight is 477 g/mol. The van der Waals surface area contributed by atoms with Crippen molar-refractivity contribution in [1.82, 2.24) is 9.88 Å². The van der Waals surface area contributed by atoms with E-state index in [1.165, 1.54) is 11.1 Å². The number of piperidine rings is 1. The monoisotopic (exact) mass is 476 g/mol. The minimum atomic E-state index is -0.560. The van der Waals surface area contributed by atoms with Crippen LogP contribution in [0.1, 0.15) is 44.7 Å². The van der Waals surface area contributed by atoms with Crippen LogP contribution in [0.15, 0.2) is 54.7 Å². The van der Waals surface area contributed by atoms with Crippen molar-refractivity contribution in [3.63, 3.8) is 0 Å². The summed E-state index contributed by atoms with van der Waals surface area (Å²) >= 11 is 0. The Morgan fingerprint density at radius 3 is 2.46 bits per heavy atom. The summed E-state index contributed by atoms with van der Waals surface area (Å²) in [5, 5.41) is 8.17. The van der Waals surface area contributed by atoms with E-state index in [0.717, 1.165) is 48.9 Å². The number of pyridine rings is 1. The fourth-order valence-electron chi connectivity index (χ4n) is 4.05. The third kappa shape index (κ3) is 7.67. The van der Waals surface area contributed by atoms with Gasteiger partial charge >= 0.3 is 6.09 Å². The maximum absolute atomic E-state index is 12.1. The van der Waals surface area contributed by atoms with Crippen molar-refractivity contribution >= 4 is 28.4 Å². The Kier molecular flexibility index (Phi) is 7.88. The molecule has 2 N–H and O–H groups in total. The first-order valence-electron chi connectivity index (χ1n) is 12.3. The average Bonchev–Trinajstić information content (AvgIpc) is 2.81. The standard InChI is InChI=1S/C28H36N4O3/c1-28(2,3)35-27(33)31-26-16-23-15-24(10-9-22(23)18-30-26)29-17-20-5-7-21(8-6-20)19-34-25-11-13-32(4)14-12-25/h5-10,15-16,18,25,29H,11-14,17,19H2,1-4H3,(H,30,31,33). The van der Waals surface area contributed by atoms with E-state index >= 15 is 0 Å². The van der Waals surface area contributed by atoms with Crippen molar-refractivity contribution in [2.24, 2.45) is 0 Å². The van der Waals surface area contributed by atoms with Crippen molar-refractivity contribution in [3.8, 4) is 0 Å². The third-order valence-corrected chi connectivity index (χ3v) is 6.02. The second-order valence-electron chi connectivity index (χ2n) is 10.2. The summed E-state index contributed by atoms with van der Waals surface area (Å²) in [6, 6.07) is 16.5. The highest BCUT2D eigenvalue weighted by atomic mass is 16.6. The van der Waals surface area contributed by atoms with Crippen LogP contribution in [0.5, 0.6) is 0 Å². The molecule has 2 heterocycles. The molecule has 0 bridgehead atoms. The molecule has 0 radical (unpaired) electrons. The maximum atomic E-state index is 12.1. The quantitative estimate of drug-likeness (QED) is 0.449. The molecule has 186 valence electrons. The van der Waals surface area contributed by atoms with Gasteiger partial charge in [0.25, 0.3) is 0 Å². The van der Waals surface area contributed by atoms with Gasteiger partial charge in [0.05, 0.1) is 12.7 Å². The molecule has 1 fully saturated rings. The number of nitrogens with one attached hydrogen (secondary N) is 2. The minimum Gasteiger partial charge on any atom is -0.444 e. The van der Waals surface area contributed by atoms with Crippen molar-refractivity contribution in [3.05, 3.63) is 65.9 Å². The molecule has 1 aliphatic heterocycles. The number of carbonyl (C=O) groups is 1. The predicted octanol–water partition coefficient (Wildman–Crippen LogP) is 5.80. The lowest BCUT2D eigenvalue weighted by molar-refractivity contribution is 0.00213. The zero-order valence-corrected chi connectivity index (χ0v) is 21.1. The molecule has 4 rings (SSSR count). The summed E-state index contributed by atoms with van der Waals surface area (Å²) < 4.78 is 11.4. The number of nitrogens with zero attached hydrogens (tertiary/aromatic N) is 2. The number of carbonyl (C=O) groups excluding carboxylic acids is 1. The van der Waals surface area contributed by atoms with Crippen molar-refractivity contribution in [2.45, 2.75) is 58.5 Å². The van der Waals surface area contributed by atoms with Gasteiger partial charge in [0.1, 0.15) is 11.4 Å². The second kappa shape index (κ2) is 11.1. The summed E-state index contributed by atoms with van der Waals surface area (Å²) in [7, 11) is 2.17. The number of aromatic nitrogens is 1. The number of likely N-dealkylation sites (tertiary alicyclic amines) is 1. The van der Waals surface area contributed by atoms with Gasteiger partial charge in [-0.15, -0.1) is 0 Å². The summed E-state index contributed by atoms with van der Waals surface area (Å²) in [5.41, 5.74) is 2.85. The zero-order valence-electron chi connectivity index (χ0n) is 21.1. The van der Waals surface area contributed by atoms with Crippen LogP contribution in [0.25, 0.3) is 10.8 Å². The van der Waals surface area contributed by atoms with Gasteiger partial charge in [-0.05, 0) is 75.4 Å². The molecular formula is C28H36N4O3. The van der Waals surface area contributed by atoms with Crippen LogP contribution < -0.4 is 10.6 Å². The third-order valence-electron chi connectivity index (χ3n) is 6.02. The van der Waals surface area contributed by atoms with E-state index < -0.39 is 11.7 Å². The fraction of sp³-hybridized carbons (Fsp3) is 0.429. The van der Waals surface area contributed by atoms with Crippen LogP contribution in [-0.4, -0.2) is 47.8 Å². The lowest BCUT2D eigenvalue weighted by atomic mass is 10.1. The fourth-order valence-corrected chi connectivity index (χ4v) is 4.05. The van der Waals surface area contributed by atoms with Gasteiger partial charge in [-0.1, -0.05) is 30.3 Å². The molecule has 0 atom stereocenters. The highest BCUT2D eigenvalue weighted by Crippen LogP contribution is 2.22. The first-order chi connectivity index (χ1) is 16.7.